The van der Waals surface area contributed by atoms with Crippen molar-refractivity contribution < 1.29 is 22.8 Å². The standard InChI is InChI=1S/C25H36N4O5S/c1-15(26-4)22(30)28-19-12-13-35(33,34)20-14-25(2,3)21(29(20)24(19)32)23(31)27-18-11-7-9-16-8-5-6-10-17(16)18/h5-6,8,10,15,18-21,26H,7,9,11-14H2,1-4H3,(H,27,31)(H,28,30)/t15-,18+,19-,20-,21+/m0/s1. The first-order chi connectivity index (χ1) is 16.5. The van der Waals surface area contributed by atoms with E-state index in [0.717, 1.165) is 24.8 Å². The van der Waals surface area contributed by atoms with Crippen LogP contribution in [0.3, 0.4) is 0 Å². The lowest BCUT2D eigenvalue weighted by Crippen LogP contribution is -2.58. The predicted octanol–water partition coefficient (Wildman–Crippen LogP) is 1.04. The molecule has 0 radical (unpaired) electrons. The number of rotatable bonds is 5. The van der Waals surface area contributed by atoms with Gasteiger partial charge in [0.15, 0.2) is 9.84 Å². The van der Waals surface area contributed by atoms with Gasteiger partial charge in [0.1, 0.15) is 17.5 Å². The van der Waals surface area contributed by atoms with Crippen molar-refractivity contribution in [1.82, 2.24) is 20.9 Å². The third kappa shape index (κ3) is 4.82. The second-order valence-corrected chi connectivity index (χ2v) is 13.0. The molecule has 9 nitrogen and oxygen atoms in total. The molecule has 1 aliphatic carbocycles. The Hall–Kier alpha value is -2.46. The maximum absolute atomic E-state index is 13.7. The number of benzene rings is 1. The Balaban J connectivity index is 1.64. The van der Waals surface area contributed by atoms with Crippen LogP contribution < -0.4 is 16.0 Å². The third-order valence-electron chi connectivity index (χ3n) is 7.76. The summed E-state index contributed by atoms with van der Waals surface area (Å²) in [5.41, 5.74) is 1.51. The third-order valence-corrected chi connectivity index (χ3v) is 9.79. The van der Waals surface area contributed by atoms with Crippen molar-refractivity contribution in [2.24, 2.45) is 5.41 Å². The fourth-order valence-corrected chi connectivity index (χ4v) is 7.78. The molecule has 1 aromatic rings. The molecule has 10 heteroatoms. The van der Waals surface area contributed by atoms with Crippen LogP contribution in [0.4, 0.5) is 0 Å². The van der Waals surface area contributed by atoms with Crippen molar-refractivity contribution in [3.05, 3.63) is 35.4 Å². The first-order valence-corrected chi connectivity index (χ1v) is 14.1. The van der Waals surface area contributed by atoms with Crippen LogP contribution in [-0.2, 0) is 30.6 Å². The summed E-state index contributed by atoms with van der Waals surface area (Å²) >= 11 is 0. The highest BCUT2D eigenvalue weighted by Gasteiger charge is 2.58. The molecule has 0 spiro atoms. The summed E-state index contributed by atoms with van der Waals surface area (Å²) in [5, 5.41) is 7.58. The minimum Gasteiger partial charge on any atom is -0.347 e. The van der Waals surface area contributed by atoms with Crippen molar-refractivity contribution in [3.63, 3.8) is 0 Å². The van der Waals surface area contributed by atoms with Gasteiger partial charge in [0, 0.05) is 0 Å². The molecular weight excluding hydrogens is 468 g/mol. The average Bonchev–Trinajstić information content (AvgIpc) is 3.08. The number of sulfone groups is 1. The zero-order valence-electron chi connectivity index (χ0n) is 20.8. The molecular formula is C25H36N4O5S. The molecule has 1 aromatic carbocycles. The van der Waals surface area contributed by atoms with E-state index in [1.165, 1.54) is 10.5 Å². The van der Waals surface area contributed by atoms with E-state index in [1.807, 2.05) is 32.0 Å². The molecule has 2 saturated heterocycles. The van der Waals surface area contributed by atoms with E-state index in [9.17, 15) is 22.8 Å². The van der Waals surface area contributed by atoms with Crippen LogP contribution in [0.2, 0.25) is 0 Å². The average molecular weight is 505 g/mol. The number of nitrogens with one attached hydrogen (secondary N) is 3. The summed E-state index contributed by atoms with van der Waals surface area (Å²) in [6, 6.07) is 5.32. The Bertz CT molecular complexity index is 1120. The van der Waals surface area contributed by atoms with E-state index in [-0.39, 0.29) is 36.5 Å². The summed E-state index contributed by atoms with van der Waals surface area (Å²) in [4.78, 5) is 41.2. The lowest BCUT2D eigenvalue weighted by atomic mass is 9.83. The quantitative estimate of drug-likeness (QED) is 0.551. The number of hydrogen-bond donors (Lipinski definition) is 3. The van der Waals surface area contributed by atoms with Crippen LogP contribution in [0.5, 0.6) is 0 Å². The lowest BCUT2D eigenvalue weighted by molar-refractivity contribution is -0.144. The second-order valence-electron chi connectivity index (χ2n) is 10.7. The van der Waals surface area contributed by atoms with E-state index < -0.39 is 44.7 Å². The number of hydrogen-bond acceptors (Lipinski definition) is 6. The minimum absolute atomic E-state index is 0.0128. The summed E-state index contributed by atoms with van der Waals surface area (Å²) < 4.78 is 26.4. The molecule has 4 rings (SSSR count). The highest BCUT2D eigenvalue weighted by Crippen LogP contribution is 2.44. The van der Waals surface area contributed by atoms with E-state index >= 15 is 0 Å². The molecule has 35 heavy (non-hydrogen) atoms. The summed E-state index contributed by atoms with van der Waals surface area (Å²) in [7, 11) is -2.05. The molecule has 0 bridgehead atoms. The first kappa shape index (κ1) is 25.6. The highest BCUT2D eigenvalue weighted by molar-refractivity contribution is 7.92. The fourth-order valence-electron chi connectivity index (χ4n) is 5.69. The number of carbonyl (C=O) groups is 3. The Labute approximate surface area is 207 Å². The van der Waals surface area contributed by atoms with Crippen molar-refractivity contribution in [2.45, 2.75) is 82.4 Å². The van der Waals surface area contributed by atoms with Crippen LogP contribution in [0.15, 0.2) is 24.3 Å². The van der Waals surface area contributed by atoms with E-state index in [4.69, 9.17) is 0 Å². The van der Waals surface area contributed by atoms with E-state index in [0.29, 0.717) is 0 Å². The molecule has 2 aliphatic heterocycles. The number of fused-ring (bicyclic) bond motifs is 2. The van der Waals surface area contributed by atoms with Crippen LogP contribution in [-0.4, -0.2) is 67.3 Å². The van der Waals surface area contributed by atoms with E-state index in [2.05, 4.69) is 22.0 Å². The number of likely N-dealkylation sites (N-methyl/N-ethyl adjacent to an activating group) is 1. The fraction of sp³-hybridized carbons (Fsp3) is 0.640. The molecule has 3 N–H and O–H groups in total. The maximum atomic E-state index is 13.7. The molecule has 0 unspecified atom stereocenters. The summed E-state index contributed by atoms with van der Waals surface area (Å²) in [6.45, 7) is 5.33. The molecule has 0 saturated carbocycles. The molecule has 0 aromatic heterocycles. The van der Waals surface area contributed by atoms with Gasteiger partial charge in [0.05, 0.1) is 17.8 Å². The summed E-state index contributed by atoms with van der Waals surface area (Å²) in [5.74, 6) is -1.47. The van der Waals surface area contributed by atoms with Gasteiger partial charge in [-0.2, -0.15) is 0 Å². The Morgan fingerprint density at radius 2 is 1.83 bits per heavy atom. The second kappa shape index (κ2) is 9.54. The number of nitrogens with zero attached hydrogens (tertiary/aromatic N) is 1. The summed E-state index contributed by atoms with van der Waals surface area (Å²) in [6.07, 6.45) is 2.84. The molecule has 2 fully saturated rings. The minimum atomic E-state index is -3.69. The maximum Gasteiger partial charge on any atom is 0.246 e. The van der Waals surface area contributed by atoms with Gasteiger partial charge >= 0.3 is 0 Å². The monoisotopic (exact) mass is 504 g/mol. The normalized spacial score (nSPS) is 29.9. The van der Waals surface area contributed by atoms with Crippen molar-refractivity contribution in [2.75, 3.05) is 12.8 Å². The Morgan fingerprint density at radius 3 is 2.54 bits per heavy atom. The number of aryl methyl sites for hydroxylation is 1. The molecule has 192 valence electrons. The molecule has 5 atom stereocenters. The Morgan fingerprint density at radius 1 is 1.11 bits per heavy atom. The van der Waals surface area contributed by atoms with Crippen LogP contribution >= 0.6 is 0 Å². The molecule has 2 heterocycles. The SMILES string of the molecule is CN[C@@H](C)C(=O)N[C@H]1CCS(=O)(=O)[C@H]2CC(C)(C)[C@@H](C(=O)N[C@@H]3CCCc4ccccc43)N2C1=O. The zero-order chi connectivity index (χ0) is 25.5. The Kier molecular flexibility index (Phi) is 6.98. The van der Waals surface area contributed by atoms with Gasteiger partial charge < -0.3 is 20.9 Å². The largest absolute Gasteiger partial charge is 0.347 e. The van der Waals surface area contributed by atoms with Gasteiger partial charge in [-0.1, -0.05) is 38.1 Å². The van der Waals surface area contributed by atoms with Gasteiger partial charge in [-0.25, -0.2) is 8.42 Å². The zero-order valence-corrected chi connectivity index (χ0v) is 21.7. The van der Waals surface area contributed by atoms with Crippen LogP contribution in [0, 0.1) is 5.41 Å². The van der Waals surface area contributed by atoms with Crippen molar-refractivity contribution in [1.29, 1.82) is 0 Å². The van der Waals surface area contributed by atoms with Gasteiger partial charge in [0.2, 0.25) is 17.7 Å². The highest BCUT2D eigenvalue weighted by atomic mass is 32.2. The number of carbonyl (C=O) groups excluding carboxylic acids is 3. The van der Waals surface area contributed by atoms with Gasteiger partial charge in [0.25, 0.3) is 0 Å². The predicted molar refractivity (Wildman–Crippen MR) is 132 cm³/mol. The van der Waals surface area contributed by atoms with Gasteiger partial charge in [-0.15, -0.1) is 0 Å². The smallest absolute Gasteiger partial charge is 0.246 e. The molecule has 3 amide bonds. The lowest BCUT2D eigenvalue weighted by Gasteiger charge is -2.36. The first-order valence-electron chi connectivity index (χ1n) is 12.4. The van der Waals surface area contributed by atoms with Crippen molar-refractivity contribution in [3.8, 4) is 0 Å². The van der Waals surface area contributed by atoms with Crippen LogP contribution in [0.25, 0.3) is 0 Å². The van der Waals surface area contributed by atoms with Gasteiger partial charge in [-0.05, 0) is 62.6 Å². The van der Waals surface area contributed by atoms with Crippen LogP contribution in [0.1, 0.15) is 63.6 Å². The molecule has 3 aliphatic rings. The van der Waals surface area contributed by atoms with Crippen molar-refractivity contribution >= 4 is 27.6 Å². The van der Waals surface area contributed by atoms with E-state index in [1.54, 1.807) is 14.0 Å². The number of amides is 3. The van der Waals surface area contributed by atoms with Gasteiger partial charge in [-0.3, -0.25) is 14.4 Å². The topological polar surface area (TPSA) is 125 Å².